The molecular weight excluding hydrogens is 213 g/mol. The maximum absolute atomic E-state index is 13.3. The second-order valence-electron chi connectivity index (χ2n) is 4.74. The van der Waals surface area contributed by atoms with E-state index >= 15 is 0 Å². The molecule has 1 aliphatic rings. The summed E-state index contributed by atoms with van der Waals surface area (Å²) in [6.45, 7) is 2.97. The molecule has 1 unspecified atom stereocenters. The summed E-state index contributed by atoms with van der Waals surface area (Å²) in [5, 5.41) is 3.39. The molecule has 0 aromatic heterocycles. The van der Waals surface area contributed by atoms with Gasteiger partial charge in [0.15, 0.2) is 0 Å². The third kappa shape index (κ3) is 1.52. The van der Waals surface area contributed by atoms with Crippen molar-refractivity contribution in [2.24, 2.45) is 0 Å². The molecule has 2 aromatic rings. The Balaban J connectivity index is 2.15. The molecule has 0 radical (unpaired) electrons. The number of nitrogens with one attached hydrogen (secondary N) is 1. The van der Waals surface area contributed by atoms with Gasteiger partial charge in [-0.2, -0.15) is 0 Å². The lowest BCUT2D eigenvalue weighted by Gasteiger charge is -2.24. The first-order valence-corrected chi connectivity index (χ1v) is 5.79. The largest absolute Gasteiger partial charge is 0.384 e. The number of halogens is 1. The summed E-state index contributed by atoms with van der Waals surface area (Å²) in [5.74, 6) is -0.173. The highest BCUT2D eigenvalue weighted by Crippen LogP contribution is 2.41. The van der Waals surface area contributed by atoms with Crippen LogP contribution in [0, 0.1) is 5.82 Å². The van der Waals surface area contributed by atoms with Crippen LogP contribution in [0.3, 0.4) is 0 Å². The lowest BCUT2D eigenvalue weighted by Crippen LogP contribution is -2.25. The molecule has 0 amide bonds. The number of hydrogen-bond donors (Lipinski definition) is 1. The van der Waals surface area contributed by atoms with Crippen molar-refractivity contribution in [2.45, 2.75) is 12.3 Å². The van der Waals surface area contributed by atoms with Crippen LogP contribution in [0.5, 0.6) is 0 Å². The predicted octanol–water partition coefficient (Wildman–Crippen LogP) is 3.56. The van der Waals surface area contributed by atoms with Crippen LogP contribution in [0.4, 0.5) is 10.1 Å². The van der Waals surface area contributed by atoms with Crippen LogP contribution >= 0.6 is 0 Å². The second-order valence-corrected chi connectivity index (χ2v) is 4.74. The fourth-order valence-corrected chi connectivity index (χ4v) is 2.57. The lowest BCUT2D eigenvalue weighted by molar-refractivity contribution is 0.599. The summed E-state index contributed by atoms with van der Waals surface area (Å²) in [7, 11) is 0. The monoisotopic (exact) mass is 227 g/mol. The Morgan fingerprint density at radius 3 is 2.76 bits per heavy atom. The van der Waals surface area contributed by atoms with Crippen molar-refractivity contribution in [1.82, 2.24) is 0 Å². The first-order valence-electron chi connectivity index (χ1n) is 5.79. The Morgan fingerprint density at radius 1 is 1.12 bits per heavy atom. The van der Waals surface area contributed by atoms with Gasteiger partial charge in [-0.05, 0) is 36.2 Å². The van der Waals surface area contributed by atoms with E-state index in [1.54, 1.807) is 12.1 Å². The van der Waals surface area contributed by atoms with Crippen molar-refractivity contribution in [2.75, 3.05) is 11.9 Å². The van der Waals surface area contributed by atoms with Gasteiger partial charge in [-0.3, -0.25) is 0 Å². The van der Waals surface area contributed by atoms with Gasteiger partial charge < -0.3 is 5.32 Å². The number of rotatable bonds is 1. The summed E-state index contributed by atoms with van der Waals surface area (Å²) < 4.78 is 13.3. The van der Waals surface area contributed by atoms with E-state index in [0.717, 1.165) is 17.8 Å². The molecule has 1 atom stereocenters. The highest BCUT2D eigenvalue weighted by Gasteiger charge is 2.35. The number of anilines is 1. The standard InChI is InChI=1S/C15H14FN/c1-15(11-5-4-6-12(16)9-11)10-17-14-8-3-2-7-13(14)15/h2-9,17H,10H2,1H3. The van der Waals surface area contributed by atoms with E-state index < -0.39 is 0 Å². The quantitative estimate of drug-likeness (QED) is 0.785. The maximum atomic E-state index is 13.3. The third-order valence-electron chi connectivity index (χ3n) is 3.62. The van der Waals surface area contributed by atoms with Crippen molar-refractivity contribution in [1.29, 1.82) is 0 Å². The van der Waals surface area contributed by atoms with E-state index in [4.69, 9.17) is 0 Å². The predicted molar refractivity (Wildman–Crippen MR) is 67.8 cm³/mol. The van der Waals surface area contributed by atoms with Crippen LogP contribution in [0.1, 0.15) is 18.1 Å². The van der Waals surface area contributed by atoms with E-state index in [9.17, 15) is 4.39 Å². The number of para-hydroxylation sites is 1. The number of benzene rings is 2. The average molecular weight is 227 g/mol. The van der Waals surface area contributed by atoms with Gasteiger partial charge in [-0.1, -0.05) is 30.3 Å². The SMILES string of the molecule is CC1(c2cccc(F)c2)CNc2ccccc21. The van der Waals surface area contributed by atoms with Crippen LogP contribution in [-0.4, -0.2) is 6.54 Å². The van der Waals surface area contributed by atoms with Crippen molar-refractivity contribution < 1.29 is 4.39 Å². The van der Waals surface area contributed by atoms with Gasteiger partial charge in [-0.15, -0.1) is 0 Å². The van der Waals surface area contributed by atoms with E-state index in [1.807, 2.05) is 18.2 Å². The zero-order valence-corrected chi connectivity index (χ0v) is 9.70. The molecule has 0 bridgehead atoms. The normalized spacial score (nSPS) is 22.0. The minimum absolute atomic E-state index is 0.140. The van der Waals surface area contributed by atoms with E-state index in [1.165, 1.54) is 11.6 Å². The van der Waals surface area contributed by atoms with Crippen LogP contribution in [0.25, 0.3) is 0 Å². The molecule has 1 heterocycles. The van der Waals surface area contributed by atoms with Crippen molar-refractivity contribution in [3.63, 3.8) is 0 Å². The molecule has 0 saturated heterocycles. The molecule has 1 N–H and O–H groups in total. The molecule has 86 valence electrons. The maximum Gasteiger partial charge on any atom is 0.123 e. The highest BCUT2D eigenvalue weighted by atomic mass is 19.1. The topological polar surface area (TPSA) is 12.0 Å². The zero-order chi connectivity index (χ0) is 11.9. The van der Waals surface area contributed by atoms with Crippen LogP contribution in [-0.2, 0) is 5.41 Å². The van der Waals surface area contributed by atoms with E-state index in [-0.39, 0.29) is 11.2 Å². The Hall–Kier alpha value is -1.83. The van der Waals surface area contributed by atoms with Gasteiger partial charge in [0.25, 0.3) is 0 Å². The van der Waals surface area contributed by atoms with Gasteiger partial charge in [0.2, 0.25) is 0 Å². The van der Waals surface area contributed by atoms with E-state index in [2.05, 4.69) is 24.4 Å². The van der Waals surface area contributed by atoms with Crippen molar-refractivity contribution in [3.8, 4) is 0 Å². The minimum atomic E-state index is -0.173. The third-order valence-corrected chi connectivity index (χ3v) is 3.62. The number of fused-ring (bicyclic) bond motifs is 1. The molecule has 17 heavy (non-hydrogen) atoms. The Labute approximate surface area is 100 Å². The molecule has 2 heteroatoms. The van der Waals surface area contributed by atoms with Crippen LogP contribution in [0.15, 0.2) is 48.5 Å². The van der Waals surface area contributed by atoms with Gasteiger partial charge in [0.1, 0.15) is 5.82 Å². The molecule has 0 spiro atoms. The molecule has 0 saturated carbocycles. The minimum Gasteiger partial charge on any atom is -0.384 e. The van der Waals surface area contributed by atoms with Gasteiger partial charge in [0.05, 0.1) is 0 Å². The highest BCUT2D eigenvalue weighted by molar-refractivity contribution is 5.63. The van der Waals surface area contributed by atoms with Gasteiger partial charge >= 0.3 is 0 Å². The first kappa shape index (κ1) is 10.3. The van der Waals surface area contributed by atoms with Gasteiger partial charge in [0, 0.05) is 17.6 Å². The molecule has 2 aromatic carbocycles. The van der Waals surface area contributed by atoms with Crippen molar-refractivity contribution >= 4 is 5.69 Å². The summed E-state index contributed by atoms with van der Waals surface area (Å²) in [6, 6.07) is 15.1. The summed E-state index contributed by atoms with van der Waals surface area (Å²) >= 11 is 0. The van der Waals surface area contributed by atoms with Crippen molar-refractivity contribution in [3.05, 3.63) is 65.5 Å². The molecule has 1 aliphatic heterocycles. The fourth-order valence-electron chi connectivity index (χ4n) is 2.57. The molecule has 1 nitrogen and oxygen atoms in total. The average Bonchev–Trinajstić information content (AvgIpc) is 2.69. The summed E-state index contributed by atoms with van der Waals surface area (Å²) in [4.78, 5) is 0. The second kappa shape index (κ2) is 3.59. The Bertz CT molecular complexity index is 564. The lowest BCUT2D eigenvalue weighted by atomic mass is 9.78. The molecule has 0 fully saturated rings. The zero-order valence-electron chi connectivity index (χ0n) is 9.70. The number of hydrogen-bond acceptors (Lipinski definition) is 1. The van der Waals surface area contributed by atoms with Gasteiger partial charge in [-0.25, -0.2) is 4.39 Å². The fraction of sp³-hybridized carbons (Fsp3) is 0.200. The summed E-state index contributed by atoms with van der Waals surface area (Å²) in [6.07, 6.45) is 0. The summed E-state index contributed by atoms with van der Waals surface area (Å²) in [5.41, 5.74) is 3.28. The van der Waals surface area contributed by atoms with E-state index in [0.29, 0.717) is 0 Å². The molecule has 3 rings (SSSR count). The smallest absolute Gasteiger partial charge is 0.123 e. The van der Waals surface area contributed by atoms with Crippen LogP contribution < -0.4 is 5.32 Å². The Kier molecular flexibility index (Phi) is 2.18. The Morgan fingerprint density at radius 2 is 1.94 bits per heavy atom. The first-order chi connectivity index (χ1) is 8.20. The molecular formula is C15H14FN. The van der Waals surface area contributed by atoms with Crippen LogP contribution in [0.2, 0.25) is 0 Å². The molecule has 0 aliphatic carbocycles.